The quantitative estimate of drug-likeness (QED) is 0.185. The van der Waals surface area contributed by atoms with Crippen molar-refractivity contribution in [2.75, 3.05) is 105 Å². The number of piperidine rings is 1. The summed E-state index contributed by atoms with van der Waals surface area (Å²) in [6.07, 6.45) is 14.9. The number of amides is 3. The maximum Gasteiger partial charge on any atom is 0.219 e. The van der Waals surface area contributed by atoms with E-state index >= 15 is 0 Å². The number of allylic oxidation sites excluding steroid dienone is 3. The number of hydrogen-bond acceptors (Lipinski definition) is 12. The Balaban J connectivity index is 0.000000234. The van der Waals surface area contributed by atoms with Gasteiger partial charge in [0.2, 0.25) is 17.7 Å². The molecule has 2 saturated carbocycles. The lowest BCUT2D eigenvalue weighted by molar-refractivity contribution is -0.166. The maximum atomic E-state index is 11.0. The van der Waals surface area contributed by atoms with Crippen molar-refractivity contribution in [1.29, 1.82) is 0 Å². The lowest BCUT2D eigenvalue weighted by atomic mass is 9.60. The second-order valence-electron chi connectivity index (χ2n) is 37.9. The smallest absolute Gasteiger partial charge is 0.219 e. The Labute approximate surface area is 580 Å². The van der Waals surface area contributed by atoms with E-state index in [0.717, 1.165) is 56.9 Å². The molecule has 1 unspecified atom stereocenters. The van der Waals surface area contributed by atoms with Gasteiger partial charge in [0, 0.05) is 205 Å². The second kappa shape index (κ2) is 33.3. The summed E-state index contributed by atoms with van der Waals surface area (Å²) < 4.78 is 0. The van der Waals surface area contributed by atoms with Crippen LogP contribution in [0.25, 0.3) is 0 Å². The number of nitrogens with zero attached hydrogens (tertiary/aromatic N) is 8. The van der Waals surface area contributed by atoms with Crippen LogP contribution in [0.2, 0.25) is 0 Å². The van der Waals surface area contributed by atoms with Gasteiger partial charge in [-0.3, -0.25) is 34.0 Å². The first kappa shape index (κ1) is 83.2. The summed E-state index contributed by atoms with van der Waals surface area (Å²) in [6.45, 7) is 85.5. The van der Waals surface area contributed by atoms with Gasteiger partial charge in [-0.2, -0.15) is 0 Å². The van der Waals surface area contributed by atoms with Crippen molar-refractivity contribution in [3.8, 4) is 0 Å². The van der Waals surface area contributed by atoms with Gasteiger partial charge in [-0.1, -0.05) is 54.9 Å². The third-order valence-electron chi connectivity index (χ3n) is 22.0. The van der Waals surface area contributed by atoms with Crippen molar-refractivity contribution in [2.45, 2.75) is 315 Å². The molecule has 0 aromatic carbocycles. The van der Waals surface area contributed by atoms with Crippen molar-refractivity contribution in [1.82, 2.24) is 60.5 Å². The van der Waals surface area contributed by atoms with Crippen molar-refractivity contribution in [3.05, 3.63) is 36.8 Å². The van der Waals surface area contributed by atoms with E-state index in [1.54, 1.807) is 20.8 Å². The number of rotatable bonds is 8. The average Bonchev–Trinajstić information content (AvgIpc) is 0.893. The molecule has 0 bridgehead atoms. The molecule has 4 N–H and O–H groups in total. The summed E-state index contributed by atoms with van der Waals surface area (Å²) in [5, 5.41) is 13.3. The summed E-state index contributed by atoms with van der Waals surface area (Å²) in [5.41, 5.74) is 7.51. The summed E-state index contributed by atoms with van der Waals surface area (Å²) in [7, 11) is 0. The van der Waals surface area contributed by atoms with E-state index in [0.29, 0.717) is 62.4 Å². The van der Waals surface area contributed by atoms with Gasteiger partial charge in [-0.05, 0) is 231 Å². The molecule has 2 aliphatic carbocycles. The third kappa shape index (κ3) is 25.8. The van der Waals surface area contributed by atoms with E-state index in [2.05, 4.69) is 228 Å². The molecule has 11 rings (SSSR count). The zero-order chi connectivity index (χ0) is 70.3. The predicted octanol–water partition coefficient (Wildman–Crippen LogP) is 13.5. The second-order valence-corrected chi connectivity index (χ2v) is 37.9. The first-order chi connectivity index (χ1) is 42.5. The minimum Gasteiger partial charge on any atom is -0.383 e. The molecule has 0 aromatic rings. The van der Waals surface area contributed by atoms with E-state index in [9.17, 15) is 14.4 Å². The highest BCUT2D eigenvalue weighted by molar-refractivity contribution is 5.74. The van der Waals surface area contributed by atoms with Crippen LogP contribution in [0.15, 0.2) is 36.8 Å². The largest absolute Gasteiger partial charge is 0.383 e. The number of nitrogens with one attached hydrogen (secondary N) is 4. The first-order valence-electron chi connectivity index (χ1n) is 37.1. The fourth-order valence-electron chi connectivity index (χ4n) is 16.3. The zero-order valence-corrected chi connectivity index (χ0v) is 65.3. The Morgan fingerprint density at radius 2 is 0.989 bits per heavy atom. The van der Waals surface area contributed by atoms with Gasteiger partial charge in [0.25, 0.3) is 0 Å². The fraction of sp³-hybridized carbons (Fsp3) is 0.886. The minimum atomic E-state index is 0. The first-order valence-corrected chi connectivity index (χ1v) is 37.1. The molecule has 3 amide bonds. The third-order valence-corrected chi connectivity index (χ3v) is 22.0. The minimum absolute atomic E-state index is 0. The lowest BCUT2D eigenvalue weighted by Crippen LogP contribution is -2.75. The van der Waals surface area contributed by atoms with Gasteiger partial charge < -0.3 is 40.9 Å². The number of carbonyl (C=O) groups excluding carboxylic acids is 3. The van der Waals surface area contributed by atoms with Crippen LogP contribution in [-0.2, 0) is 14.4 Å². The number of hydrogen-bond donors (Lipinski definition) is 4. The van der Waals surface area contributed by atoms with Crippen LogP contribution in [0.3, 0.4) is 0 Å². The Bertz CT molecular complexity index is 2390. The van der Waals surface area contributed by atoms with E-state index < -0.39 is 0 Å². The Kier molecular flexibility index (Phi) is 29.5. The van der Waals surface area contributed by atoms with E-state index in [1.165, 1.54) is 160 Å². The van der Waals surface area contributed by atoms with Gasteiger partial charge in [0.1, 0.15) is 0 Å². The van der Waals surface area contributed by atoms with Gasteiger partial charge in [0.05, 0.1) is 0 Å². The molecule has 4 spiro atoms. The van der Waals surface area contributed by atoms with Gasteiger partial charge in [-0.25, -0.2) is 0 Å². The predicted molar refractivity (Wildman–Crippen MR) is 401 cm³/mol. The van der Waals surface area contributed by atoms with E-state index in [-0.39, 0.29) is 36.2 Å². The Morgan fingerprint density at radius 1 is 0.532 bits per heavy atom. The zero-order valence-electron chi connectivity index (χ0n) is 65.3. The van der Waals surface area contributed by atoms with Crippen molar-refractivity contribution < 1.29 is 14.4 Å². The highest BCUT2D eigenvalue weighted by Gasteiger charge is 2.56. The van der Waals surface area contributed by atoms with Gasteiger partial charge in [0.15, 0.2) is 0 Å². The van der Waals surface area contributed by atoms with Crippen LogP contribution in [0, 0.1) is 33.5 Å². The summed E-state index contributed by atoms with van der Waals surface area (Å²) in [6, 6.07) is 2.98. The van der Waals surface area contributed by atoms with Crippen molar-refractivity contribution >= 4 is 17.7 Å². The lowest BCUT2D eigenvalue weighted by Gasteiger charge is -2.63. The van der Waals surface area contributed by atoms with Gasteiger partial charge in [-0.15, -0.1) is 0 Å². The highest BCUT2D eigenvalue weighted by Crippen LogP contribution is 2.51. The number of carbonyl (C=O) groups is 3. The molecular formula is C79H152N12O3. The summed E-state index contributed by atoms with van der Waals surface area (Å²) >= 11 is 0. The Hall–Kier alpha value is -3.21. The SMILES string of the molecule is C.C=C(C)N1CC(CC(C)(C)C)C1.C=C(C)N1CC2(CC(NC(C)(C)C)C2)C1.C=C1CCC2(CCN(C(C)C)CC2)N1.CC(=O)N1CC2(C1)CN(C(C)(C)C)C2.CC(=O)NC1CC2(C1)CN(C(C)C)C2.CC(=O)NC1CCCN(C(C)(C)C)CC1.CC1CN(C(C)(C)C)C1. The topological polar surface area (TPSA) is 125 Å². The van der Waals surface area contributed by atoms with Crippen LogP contribution in [0.4, 0.5) is 0 Å². The molecule has 1 atom stereocenters. The summed E-state index contributed by atoms with van der Waals surface area (Å²) in [5.74, 6) is 2.28. The molecule has 94 heavy (non-hydrogen) atoms. The molecule has 546 valence electrons. The van der Waals surface area contributed by atoms with Crippen LogP contribution in [0.5, 0.6) is 0 Å². The molecule has 0 radical (unpaired) electrons. The fourth-order valence-corrected chi connectivity index (χ4v) is 16.3. The van der Waals surface area contributed by atoms with E-state index in [4.69, 9.17) is 0 Å². The monoisotopic (exact) mass is 1320 g/mol. The average molecular weight is 1320 g/mol. The molecule has 15 heteroatoms. The molecule has 15 nitrogen and oxygen atoms in total. The number of likely N-dealkylation sites (tertiary alicyclic amines) is 8. The Morgan fingerprint density at radius 3 is 1.37 bits per heavy atom. The van der Waals surface area contributed by atoms with Crippen LogP contribution >= 0.6 is 0 Å². The van der Waals surface area contributed by atoms with Crippen LogP contribution < -0.4 is 21.3 Å². The van der Waals surface area contributed by atoms with Crippen molar-refractivity contribution in [2.24, 2.45) is 33.5 Å². The maximum absolute atomic E-state index is 11.0. The van der Waals surface area contributed by atoms with Crippen molar-refractivity contribution in [3.63, 3.8) is 0 Å². The molecule has 0 aromatic heterocycles. The molecule has 9 aliphatic heterocycles. The van der Waals surface area contributed by atoms with Gasteiger partial charge >= 0.3 is 0 Å². The standard InChI is InChI=1S/C13H24N2.C12H24N2O.C12H22N2.2C11H20N2O.C11H21N.C8H17N.CH4/c1-10(2)15-8-13(9-15)6-11(7-13)14-12(3,4)5;1-10(15)13-11-6-5-8-14(9-7-11)12(2,3)4;1-10(2)14-8-6-12(7-9-14)5-4-11(3)13-12;1-9(14)12-5-11(6-12)7-13(8-11)10(2,3)4;1-8(2)13-6-11(7-13)4-10(5-11)12-9(3)14;1-9(2)12-7-10(8-12)6-11(3,4)5;1-7-5-9(6-7)8(2,3)4;/h11,14H,1,6-9H2,2-5H3;11H,5-9H2,1-4H3,(H,13,15);10,13H,3-9H2,1-2H3;5-8H2,1-4H3;8,10H,4-7H2,1-3H3,(H,12,14);10H,1,6-8H2,2-5H3;7H,5-6H2,1-4H3;1H4. The molecular weight excluding hydrogens is 1160 g/mol. The van der Waals surface area contributed by atoms with Crippen LogP contribution in [-0.4, -0.2) is 220 Å². The normalized spacial score (nSPS) is 25.0. The molecule has 11 fully saturated rings. The summed E-state index contributed by atoms with van der Waals surface area (Å²) in [4.78, 5) is 52.1. The van der Waals surface area contributed by atoms with Crippen LogP contribution in [0.1, 0.15) is 258 Å². The highest BCUT2D eigenvalue weighted by atomic mass is 16.2. The molecule has 11 aliphatic rings. The van der Waals surface area contributed by atoms with E-state index in [1.807, 2.05) is 4.90 Å². The molecule has 9 saturated heterocycles. The molecule has 9 heterocycles.